The first kappa shape index (κ1) is 16.2. The Morgan fingerprint density at radius 2 is 2.00 bits per heavy atom. The van der Waals surface area contributed by atoms with Crippen molar-refractivity contribution in [1.29, 1.82) is 0 Å². The van der Waals surface area contributed by atoms with Crippen LogP contribution in [0.5, 0.6) is 0 Å². The van der Waals surface area contributed by atoms with Gasteiger partial charge in [0.1, 0.15) is 6.26 Å². The standard InChI is InChI=1S/C5H7NO.C2H4O3S.Na.H/c1-2-6-3-4-7-5-6;1-2-6(3,4)5;;/h2-4H,1,5H2;2H,1H2,(H,3,4,5);;. The molecule has 1 rings (SSSR count). The summed E-state index contributed by atoms with van der Waals surface area (Å²) in [6, 6.07) is 0. The fourth-order valence-electron chi connectivity index (χ4n) is 0.407. The second kappa shape index (κ2) is 8.07. The van der Waals surface area contributed by atoms with E-state index >= 15 is 0 Å². The summed E-state index contributed by atoms with van der Waals surface area (Å²) < 4.78 is 31.4. The summed E-state index contributed by atoms with van der Waals surface area (Å²) in [6.45, 7) is 6.95. The van der Waals surface area contributed by atoms with Gasteiger partial charge in [0.2, 0.25) is 0 Å². The molecule has 0 spiro atoms. The van der Waals surface area contributed by atoms with E-state index in [1.165, 1.54) is 0 Å². The second-order valence-electron chi connectivity index (χ2n) is 1.96. The van der Waals surface area contributed by atoms with Crippen molar-refractivity contribution in [3.05, 3.63) is 37.2 Å². The Hall–Kier alpha value is -0.270. The van der Waals surface area contributed by atoms with Gasteiger partial charge in [0.25, 0.3) is 10.1 Å². The normalized spacial score (nSPS) is 13.1. The molecule has 0 aromatic carbocycles. The average molecular weight is 229 g/mol. The van der Waals surface area contributed by atoms with E-state index in [2.05, 4.69) is 13.2 Å². The molecule has 0 aliphatic carbocycles. The van der Waals surface area contributed by atoms with Crippen LogP contribution in [0, 0.1) is 0 Å². The zero-order valence-corrected chi connectivity index (χ0v) is 7.77. The first-order valence-electron chi connectivity index (χ1n) is 3.26. The fourth-order valence-corrected chi connectivity index (χ4v) is 0.407. The Kier molecular flexibility index (Phi) is 9.32. The van der Waals surface area contributed by atoms with Gasteiger partial charge in [-0.05, 0) is 6.20 Å². The summed E-state index contributed by atoms with van der Waals surface area (Å²) >= 11 is 0. The molecule has 5 nitrogen and oxygen atoms in total. The second-order valence-corrected chi connectivity index (χ2v) is 3.32. The van der Waals surface area contributed by atoms with Gasteiger partial charge in [0.05, 0.1) is 5.41 Å². The summed E-state index contributed by atoms with van der Waals surface area (Å²) in [4.78, 5) is 1.85. The van der Waals surface area contributed by atoms with Gasteiger partial charge >= 0.3 is 29.6 Å². The van der Waals surface area contributed by atoms with Gasteiger partial charge < -0.3 is 9.64 Å². The van der Waals surface area contributed by atoms with E-state index in [-0.39, 0.29) is 29.6 Å². The molecule has 0 bridgehead atoms. The molecule has 14 heavy (non-hydrogen) atoms. The monoisotopic (exact) mass is 229 g/mol. The van der Waals surface area contributed by atoms with Crippen LogP contribution >= 0.6 is 0 Å². The van der Waals surface area contributed by atoms with Gasteiger partial charge in [0, 0.05) is 6.20 Å². The van der Waals surface area contributed by atoms with Crippen molar-refractivity contribution in [2.45, 2.75) is 0 Å². The molecule has 0 saturated heterocycles. The molecule has 0 aromatic heterocycles. The third kappa shape index (κ3) is 9.82. The van der Waals surface area contributed by atoms with E-state index in [1.54, 1.807) is 12.5 Å². The van der Waals surface area contributed by atoms with Gasteiger partial charge in [-0.25, -0.2) is 0 Å². The molecule has 0 unspecified atom stereocenters. The minimum absolute atomic E-state index is 0. The Balaban J connectivity index is 0. The molecule has 1 heterocycles. The van der Waals surface area contributed by atoms with Crippen LogP contribution in [-0.2, 0) is 14.9 Å². The molecule has 76 valence electrons. The third-order valence-electron chi connectivity index (χ3n) is 1.02. The van der Waals surface area contributed by atoms with Gasteiger partial charge in [-0.15, -0.1) is 0 Å². The molecular weight excluding hydrogens is 217 g/mol. The molecule has 0 radical (unpaired) electrons. The van der Waals surface area contributed by atoms with Crippen LogP contribution in [0.25, 0.3) is 0 Å². The molecule has 1 aliphatic rings. The maximum absolute atomic E-state index is 9.44. The number of nitrogens with zero attached hydrogens (tertiary/aromatic N) is 1. The molecule has 7 heteroatoms. The molecule has 0 aromatic rings. The van der Waals surface area contributed by atoms with Gasteiger partial charge in [-0.3, -0.25) is 4.55 Å². The molecule has 1 aliphatic heterocycles. The topological polar surface area (TPSA) is 66.8 Å². The predicted octanol–water partition coefficient (Wildman–Crippen LogP) is 0.260. The summed E-state index contributed by atoms with van der Waals surface area (Å²) in [7, 11) is -3.90. The van der Waals surface area contributed by atoms with Crippen LogP contribution in [0.15, 0.2) is 37.2 Å². The van der Waals surface area contributed by atoms with E-state index in [1.807, 2.05) is 11.1 Å². The van der Waals surface area contributed by atoms with Crippen LogP contribution in [0.2, 0.25) is 0 Å². The van der Waals surface area contributed by atoms with Gasteiger partial charge in [-0.1, -0.05) is 13.2 Å². The van der Waals surface area contributed by atoms with Gasteiger partial charge in [-0.2, -0.15) is 8.42 Å². The van der Waals surface area contributed by atoms with Gasteiger partial charge in [0.15, 0.2) is 6.73 Å². The number of rotatable bonds is 2. The van der Waals surface area contributed by atoms with E-state index in [0.29, 0.717) is 12.1 Å². The number of hydrogen-bond acceptors (Lipinski definition) is 4. The van der Waals surface area contributed by atoms with Crippen LogP contribution in [-0.4, -0.2) is 54.2 Å². The minimum atomic E-state index is -3.90. The number of ether oxygens (including phenoxy) is 1. The maximum atomic E-state index is 9.44. The average Bonchev–Trinajstić information content (AvgIpc) is 2.56. The molecule has 0 fully saturated rings. The Morgan fingerprint density at radius 1 is 1.50 bits per heavy atom. The first-order chi connectivity index (χ1) is 5.99. The van der Waals surface area contributed by atoms with Crippen LogP contribution < -0.4 is 0 Å². The zero-order chi connectivity index (χ0) is 10.3. The van der Waals surface area contributed by atoms with Crippen LogP contribution in [0.4, 0.5) is 0 Å². The van der Waals surface area contributed by atoms with Crippen molar-refractivity contribution in [1.82, 2.24) is 4.90 Å². The van der Waals surface area contributed by atoms with Crippen molar-refractivity contribution < 1.29 is 17.7 Å². The number of hydrogen-bond donors (Lipinski definition) is 1. The summed E-state index contributed by atoms with van der Waals surface area (Å²) in [5.41, 5.74) is 0. The van der Waals surface area contributed by atoms with Crippen LogP contribution in [0.3, 0.4) is 0 Å². The Labute approximate surface area is 106 Å². The Bertz CT molecular complexity index is 287. The van der Waals surface area contributed by atoms with Crippen LogP contribution in [0.1, 0.15) is 0 Å². The summed E-state index contributed by atoms with van der Waals surface area (Å²) in [5, 5.41) is 0.465. The SMILES string of the molecule is C=CN1C=COC1.C=CS(=O)(=O)O.[NaH]. The first-order valence-corrected chi connectivity index (χ1v) is 4.76. The summed E-state index contributed by atoms with van der Waals surface area (Å²) in [5.74, 6) is 0. The Morgan fingerprint density at radius 3 is 2.14 bits per heavy atom. The van der Waals surface area contributed by atoms with E-state index in [0.717, 1.165) is 0 Å². The van der Waals surface area contributed by atoms with Crippen molar-refractivity contribution in [3.8, 4) is 0 Å². The quantitative estimate of drug-likeness (QED) is 0.543. The molecule has 1 N–H and O–H groups in total. The van der Waals surface area contributed by atoms with E-state index in [9.17, 15) is 8.42 Å². The zero-order valence-electron chi connectivity index (χ0n) is 6.96. The van der Waals surface area contributed by atoms with E-state index < -0.39 is 10.1 Å². The van der Waals surface area contributed by atoms with Crippen molar-refractivity contribution in [3.63, 3.8) is 0 Å². The summed E-state index contributed by atoms with van der Waals surface area (Å²) in [6.07, 6.45) is 5.18. The fraction of sp³-hybridized carbons (Fsp3) is 0.143. The molecule has 0 saturated carbocycles. The van der Waals surface area contributed by atoms with E-state index in [4.69, 9.17) is 9.29 Å². The molecule has 0 atom stereocenters. The van der Waals surface area contributed by atoms with Crippen molar-refractivity contribution >= 4 is 39.7 Å². The molecular formula is C7H12NNaO4S. The third-order valence-corrected chi connectivity index (χ3v) is 1.44. The molecule has 0 amide bonds. The van der Waals surface area contributed by atoms with Crippen molar-refractivity contribution in [2.24, 2.45) is 0 Å². The van der Waals surface area contributed by atoms with Crippen molar-refractivity contribution in [2.75, 3.05) is 6.73 Å². The predicted molar refractivity (Wildman–Crippen MR) is 56.0 cm³/mol.